The van der Waals surface area contributed by atoms with Crippen molar-refractivity contribution in [1.82, 2.24) is 20.4 Å². The van der Waals surface area contributed by atoms with Gasteiger partial charge >= 0.3 is 0 Å². The Morgan fingerprint density at radius 1 is 1.24 bits per heavy atom. The second-order valence-corrected chi connectivity index (χ2v) is 6.55. The number of nitrogens with zero attached hydrogens (tertiary/aromatic N) is 2. The molecule has 2 heterocycles. The minimum atomic E-state index is -0.574. The monoisotopic (exact) mass is 342 g/mol. The largest absolute Gasteiger partial charge is 0.354 e. The maximum absolute atomic E-state index is 12.8. The van der Waals surface area contributed by atoms with Gasteiger partial charge in [0, 0.05) is 11.9 Å². The average molecular weight is 342 g/mol. The van der Waals surface area contributed by atoms with E-state index in [2.05, 4.69) is 15.7 Å². The predicted molar refractivity (Wildman–Crippen MR) is 94.5 cm³/mol. The van der Waals surface area contributed by atoms with E-state index in [0.29, 0.717) is 23.7 Å². The topological polar surface area (TPSA) is 93.1 Å². The van der Waals surface area contributed by atoms with Gasteiger partial charge in [-0.3, -0.25) is 14.4 Å². The molecule has 1 aliphatic rings. The van der Waals surface area contributed by atoms with Crippen molar-refractivity contribution in [1.29, 1.82) is 0 Å². The summed E-state index contributed by atoms with van der Waals surface area (Å²) < 4.78 is 1.31. The van der Waals surface area contributed by atoms with Crippen molar-refractivity contribution in [3.8, 4) is 0 Å². The van der Waals surface area contributed by atoms with Crippen molar-refractivity contribution >= 4 is 22.6 Å². The van der Waals surface area contributed by atoms with Crippen molar-refractivity contribution in [2.75, 3.05) is 6.54 Å². The van der Waals surface area contributed by atoms with Crippen LogP contribution in [0, 0.1) is 0 Å². The summed E-state index contributed by atoms with van der Waals surface area (Å²) in [5, 5.41) is 10.8. The van der Waals surface area contributed by atoms with Crippen LogP contribution >= 0.6 is 0 Å². The van der Waals surface area contributed by atoms with Crippen LogP contribution in [0.25, 0.3) is 10.8 Å². The van der Waals surface area contributed by atoms with Crippen molar-refractivity contribution in [3.05, 3.63) is 40.3 Å². The summed E-state index contributed by atoms with van der Waals surface area (Å²) in [4.78, 5) is 37.4. The lowest BCUT2D eigenvalue weighted by Crippen LogP contribution is -2.46. The molecule has 1 aromatic carbocycles. The predicted octanol–water partition coefficient (Wildman–Crippen LogP) is 1.38. The smallest absolute Gasteiger partial charge is 0.274 e. The number of amides is 2. The molecule has 0 aliphatic carbocycles. The molecule has 2 N–H and O–H groups in total. The number of hydrogen-bond acceptors (Lipinski definition) is 4. The second-order valence-electron chi connectivity index (χ2n) is 6.55. The molecule has 0 saturated carbocycles. The Hall–Kier alpha value is -2.70. The molecule has 1 atom stereocenters. The molecule has 0 spiro atoms. The Balaban J connectivity index is 2.02. The summed E-state index contributed by atoms with van der Waals surface area (Å²) in [5.41, 5.74) is -0.0599. The Morgan fingerprint density at radius 3 is 2.68 bits per heavy atom. The zero-order valence-corrected chi connectivity index (χ0v) is 14.4. The van der Waals surface area contributed by atoms with E-state index in [-0.39, 0.29) is 23.2 Å². The number of carbonyl (C=O) groups is 2. The molecule has 0 radical (unpaired) electrons. The summed E-state index contributed by atoms with van der Waals surface area (Å²) in [6, 6.07) is 6.16. The fourth-order valence-electron chi connectivity index (χ4n) is 3.03. The van der Waals surface area contributed by atoms with Crippen molar-refractivity contribution in [2.45, 2.75) is 45.2 Å². The number of rotatable bonds is 3. The highest BCUT2D eigenvalue weighted by molar-refractivity contribution is 6.06. The van der Waals surface area contributed by atoms with E-state index in [9.17, 15) is 14.4 Å². The molecule has 2 amide bonds. The van der Waals surface area contributed by atoms with E-state index in [4.69, 9.17) is 0 Å². The number of benzene rings is 1. The van der Waals surface area contributed by atoms with Gasteiger partial charge in [-0.15, -0.1) is 0 Å². The maximum atomic E-state index is 12.8. The lowest BCUT2D eigenvalue weighted by Gasteiger charge is -2.17. The quantitative estimate of drug-likeness (QED) is 0.881. The molecule has 1 fully saturated rings. The minimum Gasteiger partial charge on any atom is -0.354 e. The van der Waals surface area contributed by atoms with Crippen LogP contribution in [-0.2, 0) is 4.79 Å². The SMILES string of the molecule is CC(C)n1nc(C(=O)N[C@H]2CCCCNC2=O)c2ccccc2c1=O. The van der Waals surface area contributed by atoms with Crippen molar-refractivity contribution in [3.63, 3.8) is 0 Å². The molecule has 2 aromatic rings. The average Bonchev–Trinajstić information content (AvgIpc) is 2.79. The van der Waals surface area contributed by atoms with Crippen LogP contribution in [0.3, 0.4) is 0 Å². The van der Waals surface area contributed by atoms with E-state index in [1.54, 1.807) is 24.3 Å². The highest BCUT2D eigenvalue weighted by Crippen LogP contribution is 2.15. The molecular formula is C18H22N4O3. The lowest BCUT2D eigenvalue weighted by molar-refractivity contribution is -0.122. The van der Waals surface area contributed by atoms with Gasteiger partial charge in [0.1, 0.15) is 6.04 Å². The maximum Gasteiger partial charge on any atom is 0.274 e. The summed E-state index contributed by atoms with van der Waals surface area (Å²) >= 11 is 0. The molecule has 25 heavy (non-hydrogen) atoms. The van der Waals surface area contributed by atoms with Crippen LogP contribution in [0.5, 0.6) is 0 Å². The molecule has 3 rings (SSSR count). The van der Waals surface area contributed by atoms with E-state index >= 15 is 0 Å². The number of carbonyl (C=O) groups excluding carboxylic acids is 2. The molecule has 0 bridgehead atoms. The van der Waals surface area contributed by atoms with Crippen molar-refractivity contribution < 1.29 is 9.59 Å². The third-order valence-corrected chi connectivity index (χ3v) is 4.37. The zero-order valence-electron chi connectivity index (χ0n) is 14.4. The summed E-state index contributed by atoms with van der Waals surface area (Å²) in [6.45, 7) is 4.30. The van der Waals surface area contributed by atoms with Crippen molar-refractivity contribution in [2.24, 2.45) is 0 Å². The standard InChI is InChI=1S/C18H22N4O3/c1-11(2)22-18(25)13-8-4-3-7-12(13)15(21-22)17(24)20-14-9-5-6-10-19-16(14)23/h3-4,7-8,11,14H,5-6,9-10H2,1-2H3,(H,19,23)(H,20,24)/t14-/m0/s1. The molecule has 0 unspecified atom stereocenters. The van der Waals surface area contributed by atoms with Crippen LogP contribution < -0.4 is 16.2 Å². The third-order valence-electron chi connectivity index (χ3n) is 4.37. The van der Waals surface area contributed by atoms with Gasteiger partial charge in [0.25, 0.3) is 11.5 Å². The fourth-order valence-corrected chi connectivity index (χ4v) is 3.03. The highest BCUT2D eigenvalue weighted by Gasteiger charge is 2.25. The van der Waals surface area contributed by atoms with Gasteiger partial charge in [0.15, 0.2) is 5.69 Å². The molecule has 7 nitrogen and oxygen atoms in total. The number of aromatic nitrogens is 2. The first-order chi connectivity index (χ1) is 12.0. The van der Waals surface area contributed by atoms with Gasteiger partial charge in [-0.2, -0.15) is 5.10 Å². The van der Waals surface area contributed by atoms with E-state index in [0.717, 1.165) is 12.8 Å². The van der Waals surface area contributed by atoms with Gasteiger partial charge in [-0.05, 0) is 39.2 Å². The normalized spacial score (nSPS) is 18.0. The molecule has 1 aromatic heterocycles. The first-order valence-corrected chi connectivity index (χ1v) is 8.59. The van der Waals surface area contributed by atoms with Gasteiger partial charge < -0.3 is 10.6 Å². The molecule has 132 valence electrons. The summed E-state index contributed by atoms with van der Waals surface area (Å²) in [5.74, 6) is -0.611. The van der Waals surface area contributed by atoms with Crippen LogP contribution in [0.2, 0.25) is 0 Å². The Bertz CT molecular complexity index is 872. The van der Waals surface area contributed by atoms with Gasteiger partial charge in [0.05, 0.1) is 11.4 Å². The number of nitrogens with one attached hydrogen (secondary N) is 2. The fraction of sp³-hybridized carbons (Fsp3) is 0.444. The van der Waals surface area contributed by atoms with E-state index < -0.39 is 11.9 Å². The summed E-state index contributed by atoms with van der Waals surface area (Å²) in [6.07, 6.45) is 2.36. The van der Waals surface area contributed by atoms with Gasteiger partial charge in [0.2, 0.25) is 5.91 Å². The van der Waals surface area contributed by atoms with Gasteiger partial charge in [-0.1, -0.05) is 18.2 Å². The molecular weight excluding hydrogens is 320 g/mol. The van der Waals surface area contributed by atoms with Crippen LogP contribution in [0.1, 0.15) is 49.6 Å². The van der Waals surface area contributed by atoms with Crippen LogP contribution in [0.15, 0.2) is 29.1 Å². The first kappa shape index (κ1) is 17.1. The number of fused-ring (bicyclic) bond motifs is 1. The Kier molecular flexibility index (Phi) is 4.83. The number of hydrogen-bond donors (Lipinski definition) is 2. The zero-order chi connectivity index (χ0) is 18.0. The second kappa shape index (κ2) is 7.04. The lowest BCUT2D eigenvalue weighted by atomic mass is 10.1. The van der Waals surface area contributed by atoms with E-state index in [1.165, 1.54) is 4.68 Å². The van der Waals surface area contributed by atoms with Crippen LogP contribution in [0.4, 0.5) is 0 Å². The highest BCUT2D eigenvalue weighted by atomic mass is 16.2. The third kappa shape index (κ3) is 3.40. The Morgan fingerprint density at radius 2 is 1.96 bits per heavy atom. The van der Waals surface area contributed by atoms with Crippen LogP contribution in [-0.4, -0.2) is 34.2 Å². The summed E-state index contributed by atoms with van der Waals surface area (Å²) in [7, 11) is 0. The minimum absolute atomic E-state index is 0.168. The molecule has 1 saturated heterocycles. The Labute approximate surface area is 145 Å². The van der Waals surface area contributed by atoms with Gasteiger partial charge in [-0.25, -0.2) is 4.68 Å². The van der Waals surface area contributed by atoms with E-state index in [1.807, 2.05) is 13.8 Å². The first-order valence-electron chi connectivity index (χ1n) is 8.59. The molecule has 1 aliphatic heterocycles. The molecule has 7 heteroatoms.